The zero-order valence-corrected chi connectivity index (χ0v) is 22.7. The number of amides is 1. The average Bonchev–Trinajstić information content (AvgIpc) is 3.17. The Morgan fingerprint density at radius 2 is 1.76 bits per heavy atom. The van der Waals surface area contributed by atoms with Gasteiger partial charge in [-0.15, -0.1) is 0 Å². The van der Waals surface area contributed by atoms with E-state index in [1.54, 1.807) is 30.2 Å². The molecule has 38 heavy (non-hydrogen) atoms. The molecule has 8 nitrogen and oxygen atoms in total. The number of hydrogen-bond acceptors (Lipinski definition) is 7. The first-order valence-electron chi connectivity index (χ1n) is 13.3. The van der Waals surface area contributed by atoms with Gasteiger partial charge < -0.3 is 24.2 Å². The maximum absolute atomic E-state index is 13.4. The number of aliphatic hydroxyl groups is 1. The van der Waals surface area contributed by atoms with E-state index in [-0.39, 0.29) is 11.3 Å². The number of nitrogens with zero attached hydrogens (tertiary/aromatic N) is 2. The Labute approximate surface area is 224 Å². The highest BCUT2D eigenvalue weighted by Crippen LogP contribution is 2.42. The molecule has 1 atom stereocenters. The molecule has 2 saturated heterocycles. The van der Waals surface area contributed by atoms with Crippen molar-refractivity contribution < 1.29 is 28.9 Å². The van der Waals surface area contributed by atoms with Gasteiger partial charge in [0.1, 0.15) is 5.76 Å². The third-order valence-electron chi connectivity index (χ3n) is 7.08. The van der Waals surface area contributed by atoms with E-state index >= 15 is 0 Å². The van der Waals surface area contributed by atoms with Crippen molar-refractivity contribution in [3.8, 4) is 11.5 Å². The molecular weight excluding hydrogens is 484 g/mol. The van der Waals surface area contributed by atoms with Crippen molar-refractivity contribution in [1.29, 1.82) is 0 Å². The van der Waals surface area contributed by atoms with Crippen molar-refractivity contribution in [2.75, 3.05) is 53.1 Å². The summed E-state index contributed by atoms with van der Waals surface area (Å²) in [5.74, 6) is 0.132. The van der Waals surface area contributed by atoms with Gasteiger partial charge in [-0.05, 0) is 37.0 Å². The van der Waals surface area contributed by atoms with E-state index in [0.717, 1.165) is 25.1 Å². The normalized spacial score (nSPS) is 19.8. The highest BCUT2D eigenvalue weighted by molar-refractivity contribution is 6.46. The molecule has 1 N–H and O–H groups in total. The molecule has 0 aromatic heterocycles. The number of ketones is 1. The van der Waals surface area contributed by atoms with Crippen molar-refractivity contribution in [2.45, 2.75) is 33.2 Å². The molecule has 204 valence electrons. The highest BCUT2D eigenvalue weighted by Gasteiger charge is 2.46. The lowest BCUT2D eigenvalue weighted by Gasteiger charge is -2.31. The molecule has 8 heteroatoms. The average molecular weight is 523 g/mol. The molecule has 1 unspecified atom stereocenters. The second-order valence-corrected chi connectivity index (χ2v) is 10.3. The number of likely N-dealkylation sites (tertiary alicyclic amines) is 1. The molecule has 0 saturated carbocycles. The van der Waals surface area contributed by atoms with Gasteiger partial charge in [-0.3, -0.25) is 14.5 Å². The Balaban J connectivity index is 1.72. The van der Waals surface area contributed by atoms with Crippen LogP contribution in [-0.4, -0.2) is 79.7 Å². The van der Waals surface area contributed by atoms with E-state index < -0.39 is 17.7 Å². The van der Waals surface area contributed by atoms with Crippen molar-refractivity contribution in [3.63, 3.8) is 0 Å². The lowest BCUT2D eigenvalue weighted by atomic mass is 9.94. The number of Topliss-reactive ketones (excluding diaryl/α,β-unsaturated/α-hetero) is 1. The van der Waals surface area contributed by atoms with Crippen LogP contribution in [0.5, 0.6) is 11.5 Å². The summed E-state index contributed by atoms with van der Waals surface area (Å²) in [6.45, 7) is 10.6. The van der Waals surface area contributed by atoms with E-state index in [1.807, 2.05) is 31.2 Å². The predicted molar refractivity (Wildman–Crippen MR) is 145 cm³/mol. The third-order valence-corrected chi connectivity index (χ3v) is 7.08. The molecule has 2 heterocycles. The fraction of sp³-hybridized carbons (Fsp3) is 0.467. The summed E-state index contributed by atoms with van der Waals surface area (Å²) in [5.41, 5.74) is 2.28. The first-order valence-corrected chi connectivity index (χ1v) is 13.3. The lowest BCUT2D eigenvalue weighted by molar-refractivity contribution is -0.140. The van der Waals surface area contributed by atoms with Gasteiger partial charge in [-0.2, -0.15) is 0 Å². The molecule has 2 aliphatic heterocycles. The third kappa shape index (κ3) is 6.19. The number of aliphatic hydroxyl groups excluding tert-OH is 1. The lowest BCUT2D eigenvalue weighted by Crippen LogP contribution is -2.42. The summed E-state index contributed by atoms with van der Waals surface area (Å²) in [6.07, 6.45) is 0.906. The summed E-state index contributed by atoms with van der Waals surface area (Å²) < 4.78 is 17.0. The Bertz CT molecular complexity index is 1170. The molecule has 4 rings (SSSR count). The largest absolute Gasteiger partial charge is 0.507 e. The number of aryl methyl sites for hydroxylation is 1. The van der Waals surface area contributed by atoms with Crippen LogP contribution in [0.2, 0.25) is 0 Å². The van der Waals surface area contributed by atoms with Gasteiger partial charge in [-0.1, -0.05) is 49.7 Å². The minimum atomic E-state index is -0.754. The first kappa shape index (κ1) is 27.7. The van der Waals surface area contributed by atoms with Crippen LogP contribution >= 0.6 is 0 Å². The summed E-state index contributed by atoms with van der Waals surface area (Å²) in [5, 5.41) is 11.3. The SMILES string of the molecule is COc1cc(C2C(=C(O)c3ccc(C)cc3)C(=O)C(=O)N2CCN2CCOCC2)ccc1OCCC(C)C. The molecule has 2 aromatic carbocycles. The number of carbonyl (C=O) groups excluding carboxylic acids is 2. The summed E-state index contributed by atoms with van der Waals surface area (Å²) in [7, 11) is 1.57. The molecule has 1 amide bonds. The smallest absolute Gasteiger partial charge is 0.295 e. The van der Waals surface area contributed by atoms with Crippen LogP contribution in [0.4, 0.5) is 0 Å². The van der Waals surface area contributed by atoms with Gasteiger partial charge in [0.05, 0.1) is 38.5 Å². The Kier molecular flexibility index (Phi) is 9.07. The van der Waals surface area contributed by atoms with Gasteiger partial charge in [0.2, 0.25) is 0 Å². The number of morpholine rings is 1. The zero-order valence-electron chi connectivity index (χ0n) is 22.7. The van der Waals surface area contributed by atoms with E-state index in [2.05, 4.69) is 18.7 Å². The van der Waals surface area contributed by atoms with E-state index in [1.165, 1.54) is 0 Å². The van der Waals surface area contributed by atoms with Crippen LogP contribution in [0.1, 0.15) is 43.0 Å². The van der Waals surface area contributed by atoms with Crippen molar-refractivity contribution in [2.24, 2.45) is 5.92 Å². The van der Waals surface area contributed by atoms with Gasteiger partial charge >= 0.3 is 0 Å². The summed E-state index contributed by atoms with van der Waals surface area (Å²) in [4.78, 5) is 30.5. The van der Waals surface area contributed by atoms with Gasteiger partial charge in [0.15, 0.2) is 11.5 Å². The topological polar surface area (TPSA) is 88.5 Å². The van der Waals surface area contributed by atoms with Crippen LogP contribution in [0.15, 0.2) is 48.0 Å². The maximum Gasteiger partial charge on any atom is 0.295 e. The fourth-order valence-electron chi connectivity index (χ4n) is 4.78. The van der Waals surface area contributed by atoms with Crippen LogP contribution in [0.3, 0.4) is 0 Å². The standard InChI is InChI=1S/C30H38N2O6/c1-20(2)11-16-38-24-10-9-23(19-25(24)36-4)27-26(28(33)22-7-5-21(3)6-8-22)29(34)30(35)32(27)13-12-31-14-17-37-18-15-31/h5-10,19-20,27,33H,11-18H2,1-4H3. The quantitative estimate of drug-likeness (QED) is 0.284. The number of ether oxygens (including phenoxy) is 3. The minimum Gasteiger partial charge on any atom is -0.507 e. The number of benzene rings is 2. The summed E-state index contributed by atoms with van der Waals surface area (Å²) in [6, 6.07) is 11.9. The monoisotopic (exact) mass is 522 g/mol. The Morgan fingerprint density at radius 1 is 1.05 bits per heavy atom. The number of rotatable bonds is 10. The fourth-order valence-corrected chi connectivity index (χ4v) is 4.78. The van der Waals surface area contributed by atoms with Gasteiger partial charge in [0.25, 0.3) is 11.7 Å². The van der Waals surface area contributed by atoms with Crippen LogP contribution < -0.4 is 9.47 Å². The maximum atomic E-state index is 13.4. The molecule has 0 spiro atoms. The van der Waals surface area contributed by atoms with Crippen LogP contribution in [-0.2, 0) is 14.3 Å². The molecule has 2 aromatic rings. The van der Waals surface area contributed by atoms with Crippen molar-refractivity contribution in [1.82, 2.24) is 9.80 Å². The minimum absolute atomic E-state index is 0.0800. The van der Waals surface area contributed by atoms with Crippen molar-refractivity contribution >= 4 is 17.4 Å². The van der Waals surface area contributed by atoms with Crippen molar-refractivity contribution in [3.05, 3.63) is 64.7 Å². The number of carbonyl (C=O) groups is 2. The zero-order chi connectivity index (χ0) is 27.2. The molecule has 2 aliphatic rings. The molecular formula is C30H38N2O6. The van der Waals surface area contributed by atoms with Gasteiger partial charge in [-0.25, -0.2) is 0 Å². The number of methoxy groups -OCH3 is 1. The Hall–Kier alpha value is -3.36. The number of hydrogen-bond donors (Lipinski definition) is 1. The van der Waals surface area contributed by atoms with Crippen LogP contribution in [0.25, 0.3) is 5.76 Å². The predicted octanol–water partition coefficient (Wildman–Crippen LogP) is 4.18. The van der Waals surface area contributed by atoms with E-state index in [0.29, 0.717) is 61.5 Å². The second kappa shape index (κ2) is 12.5. The molecule has 0 radical (unpaired) electrons. The highest BCUT2D eigenvalue weighted by atomic mass is 16.5. The Morgan fingerprint density at radius 3 is 2.42 bits per heavy atom. The summed E-state index contributed by atoms with van der Waals surface area (Å²) >= 11 is 0. The second-order valence-electron chi connectivity index (χ2n) is 10.3. The van der Waals surface area contributed by atoms with Crippen LogP contribution in [0, 0.1) is 12.8 Å². The van der Waals surface area contributed by atoms with Gasteiger partial charge in [0, 0.05) is 31.7 Å². The molecule has 0 bridgehead atoms. The molecule has 2 fully saturated rings. The first-order chi connectivity index (χ1) is 18.3. The van der Waals surface area contributed by atoms with E-state index in [4.69, 9.17) is 14.2 Å². The molecule has 0 aliphatic carbocycles. The van der Waals surface area contributed by atoms with E-state index in [9.17, 15) is 14.7 Å².